The number of aliphatic hydroxyl groups is 13. The van der Waals surface area contributed by atoms with Gasteiger partial charge in [0, 0.05) is 0 Å². The Labute approximate surface area is 421 Å². The molecule has 0 aromatic carbocycles. The van der Waals surface area contributed by atoms with Gasteiger partial charge >= 0.3 is 0 Å². The monoisotopic (exact) mass is 1030 g/mol. The number of aliphatic hydroxyl groups excluding tert-OH is 13. The minimum atomic E-state index is -1.74. The largest absolute Gasteiger partial charge is 0.394 e. The van der Waals surface area contributed by atoms with Gasteiger partial charge in [-0.15, -0.1) is 0 Å². The van der Waals surface area contributed by atoms with Crippen LogP contribution in [0.25, 0.3) is 0 Å². The van der Waals surface area contributed by atoms with Crippen molar-refractivity contribution in [1.29, 1.82) is 0 Å². The standard InChI is InChI=1S/C51H86O21/c1-21(20-65-46-40(61)39(60)36(57)32(18-52)69-46)7-12-31(54)22(2)28-10-11-29-27-9-8-25-17-26(13-15-50(25,5)30(27)14-16-51(28,29)6)68-49-45(72-48-42(63)38(59)35(56)24(4)67-48)43(64)44(33(19-53)70-49)71-47-41(62)37(58)34(55)23(3)66-47/h8,21-24,26-49,52-64H,7,9-20H2,1-6H3/t21-,22-,23-,24+,26-,27+,28+,29+,30-,31-,32-,33+,34-,35+,36-,37+,38-,39+,40-,41+,42-,43-,44+,45+,46-,47-,48+,49+,50-,51+/m0/s1. The van der Waals surface area contributed by atoms with Gasteiger partial charge in [-0.05, 0) is 124 Å². The molecule has 8 aliphatic rings. The molecule has 4 heterocycles. The third-order valence-electron chi connectivity index (χ3n) is 19.0. The second-order valence-electron chi connectivity index (χ2n) is 23.4. The Bertz CT molecular complexity index is 1800. The number of rotatable bonds is 16. The van der Waals surface area contributed by atoms with E-state index in [2.05, 4.69) is 26.8 Å². The molecule has 0 bridgehead atoms. The zero-order chi connectivity index (χ0) is 52.3. The third-order valence-corrected chi connectivity index (χ3v) is 19.0. The Morgan fingerprint density at radius 2 is 1.18 bits per heavy atom. The fourth-order valence-corrected chi connectivity index (χ4v) is 14.4. The number of hydrogen-bond donors (Lipinski definition) is 13. The van der Waals surface area contributed by atoms with Crippen LogP contribution in [0.3, 0.4) is 0 Å². The van der Waals surface area contributed by atoms with E-state index in [-0.39, 0.29) is 29.3 Å². The molecule has 4 saturated heterocycles. The first-order chi connectivity index (χ1) is 34.0. The predicted molar refractivity (Wildman–Crippen MR) is 250 cm³/mol. The molecule has 8 rings (SSSR count). The molecule has 0 aromatic rings. The van der Waals surface area contributed by atoms with E-state index in [1.807, 2.05) is 6.92 Å². The summed E-state index contributed by atoms with van der Waals surface area (Å²) in [4.78, 5) is 0. The molecule has 3 saturated carbocycles. The molecule has 21 nitrogen and oxygen atoms in total. The number of hydrogen-bond acceptors (Lipinski definition) is 21. The molecule has 416 valence electrons. The van der Waals surface area contributed by atoms with Crippen LogP contribution in [-0.2, 0) is 37.9 Å². The summed E-state index contributed by atoms with van der Waals surface area (Å²) in [6.45, 7) is 10.9. The van der Waals surface area contributed by atoms with Crippen molar-refractivity contribution in [3.05, 3.63) is 11.6 Å². The van der Waals surface area contributed by atoms with Crippen molar-refractivity contribution in [2.75, 3.05) is 19.8 Å². The molecule has 4 aliphatic carbocycles. The highest BCUT2D eigenvalue weighted by atomic mass is 16.8. The Kier molecular flexibility index (Phi) is 18.3. The average Bonchev–Trinajstić information content (AvgIpc) is 3.72. The normalized spacial score (nSPS) is 52.1. The maximum atomic E-state index is 12.0. The molecular weight excluding hydrogens is 949 g/mol. The summed E-state index contributed by atoms with van der Waals surface area (Å²) in [5.74, 6) is 1.81. The van der Waals surface area contributed by atoms with Crippen molar-refractivity contribution in [2.45, 2.75) is 241 Å². The summed E-state index contributed by atoms with van der Waals surface area (Å²) < 4.78 is 47.9. The summed E-state index contributed by atoms with van der Waals surface area (Å²) in [5.41, 5.74) is 1.25. The van der Waals surface area contributed by atoms with E-state index in [0.29, 0.717) is 49.4 Å². The Morgan fingerprint density at radius 3 is 1.81 bits per heavy atom. The highest BCUT2D eigenvalue weighted by Crippen LogP contribution is 2.67. The van der Waals surface area contributed by atoms with Crippen molar-refractivity contribution in [2.24, 2.45) is 46.3 Å². The van der Waals surface area contributed by atoms with Crippen molar-refractivity contribution in [3.63, 3.8) is 0 Å². The SMILES string of the molecule is C[C@@H](CC[C@H](O)[C@@H](C)[C@H]1CC[C@@H]2[C@H]3CC=C4C[C@@H](O[C@@H]5O[C@H](CO)[C@@H](O[C@@H]6O[C@@H](C)[C@H](O)[C@@H](O)[C@H]6O)[C@H](O)[C@H]5O[C@H]5O[C@H](C)[C@@H](O)[C@H](O)[C@@H]5O)CC[C@]4(C)[C@H]3CC[C@]12C)CO[C@H]1O[C@@H](CO)[C@H](O)[C@@H](O)[C@@H]1O. The van der Waals surface area contributed by atoms with Crippen LogP contribution in [0, 0.1) is 46.3 Å². The van der Waals surface area contributed by atoms with Crippen molar-refractivity contribution < 1.29 is 104 Å². The first kappa shape index (κ1) is 57.1. The van der Waals surface area contributed by atoms with Crippen LogP contribution >= 0.6 is 0 Å². The summed E-state index contributed by atoms with van der Waals surface area (Å²) in [7, 11) is 0. The van der Waals surface area contributed by atoms with Crippen LogP contribution in [0.4, 0.5) is 0 Å². The van der Waals surface area contributed by atoms with Crippen LogP contribution in [0.1, 0.15) is 106 Å². The number of ether oxygens (including phenoxy) is 8. The maximum Gasteiger partial charge on any atom is 0.187 e. The highest BCUT2D eigenvalue weighted by molar-refractivity contribution is 5.26. The lowest BCUT2D eigenvalue weighted by Crippen LogP contribution is -2.66. The molecular formula is C51H86O21. The van der Waals surface area contributed by atoms with Gasteiger partial charge in [0.25, 0.3) is 0 Å². The smallest absolute Gasteiger partial charge is 0.187 e. The van der Waals surface area contributed by atoms with E-state index < -0.39 is 148 Å². The average molecular weight is 1040 g/mol. The molecule has 0 spiro atoms. The first-order valence-electron chi connectivity index (χ1n) is 26.6. The van der Waals surface area contributed by atoms with Crippen LogP contribution in [-0.4, -0.2) is 221 Å². The van der Waals surface area contributed by atoms with E-state index in [1.165, 1.54) is 19.4 Å². The highest BCUT2D eigenvalue weighted by Gasteiger charge is 2.61. The van der Waals surface area contributed by atoms with Crippen molar-refractivity contribution in [1.82, 2.24) is 0 Å². The van der Waals surface area contributed by atoms with Crippen molar-refractivity contribution in [3.8, 4) is 0 Å². The van der Waals surface area contributed by atoms with Crippen LogP contribution in [0.2, 0.25) is 0 Å². The molecule has 4 aliphatic heterocycles. The van der Waals surface area contributed by atoms with E-state index in [9.17, 15) is 66.4 Å². The van der Waals surface area contributed by atoms with Gasteiger partial charge in [0.2, 0.25) is 0 Å². The fraction of sp³-hybridized carbons (Fsp3) is 0.961. The molecule has 21 heteroatoms. The third kappa shape index (κ3) is 10.9. The van der Waals surface area contributed by atoms with Gasteiger partial charge in [-0.1, -0.05) is 39.3 Å². The quantitative estimate of drug-likeness (QED) is 0.0798. The minimum Gasteiger partial charge on any atom is -0.394 e. The Hall–Kier alpha value is -1.10. The van der Waals surface area contributed by atoms with Crippen LogP contribution < -0.4 is 0 Å². The van der Waals surface area contributed by atoms with Crippen LogP contribution in [0.15, 0.2) is 11.6 Å². The van der Waals surface area contributed by atoms with Crippen molar-refractivity contribution >= 4 is 0 Å². The van der Waals surface area contributed by atoms with Gasteiger partial charge < -0.3 is 104 Å². The van der Waals surface area contributed by atoms with E-state index in [1.54, 1.807) is 0 Å². The first-order valence-corrected chi connectivity index (χ1v) is 26.6. The fourth-order valence-electron chi connectivity index (χ4n) is 14.4. The second kappa shape index (κ2) is 23.1. The van der Waals surface area contributed by atoms with Gasteiger partial charge in [-0.2, -0.15) is 0 Å². The molecule has 7 fully saturated rings. The lowest BCUT2D eigenvalue weighted by Gasteiger charge is -2.59. The lowest BCUT2D eigenvalue weighted by atomic mass is 9.47. The summed E-state index contributed by atoms with van der Waals surface area (Å²) in [5, 5.41) is 138. The Balaban J connectivity index is 0.902. The van der Waals surface area contributed by atoms with E-state index in [4.69, 9.17) is 37.9 Å². The summed E-state index contributed by atoms with van der Waals surface area (Å²) in [6.07, 6.45) is -18.8. The predicted octanol–water partition coefficient (Wildman–Crippen LogP) is -1.32. The minimum absolute atomic E-state index is 0.00202. The molecule has 13 N–H and O–H groups in total. The molecule has 0 unspecified atom stereocenters. The molecule has 72 heavy (non-hydrogen) atoms. The van der Waals surface area contributed by atoms with Gasteiger partial charge in [-0.25, -0.2) is 0 Å². The van der Waals surface area contributed by atoms with E-state index in [0.717, 1.165) is 38.5 Å². The number of allylic oxidation sites excluding steroid dienone is 1. The summed E-state index contributed by atoms with van der Waals surface area (Å²) >= 11 is 0. The maximum absolute atomic E-state index is 12.0. The molecule has 0 radical (unpaired) electrons. The second-order valence-corrected chi connectivity index (χ2v) is 23.4. The van der Waals surface area contributed by atoms with Gasteiger partial charge in [-0.3, -0.25) is 0 Å². The zero-order valence-corrected chi connectivity index (χ0v) is 42.5. The van der Waals surface area contributed by atoms with Gasteiger partial charge in [0.1, 0.15) is 85.5 Å². The van der Waals surface area contributed by atoms with E-state index >= 15 is 0 Å². The van der Waals surface area contributed by atoms with Gasteiger partial charge in [0.05, 0.1) is 44.2 Å². The van der Waals surface area contributed by atoms with Crippen LogP contribution in [0.5, 0.6) is 0 Å². The zero-order valence-electron chi connectivity index (χ0n) is 42.5. The summed E-state index contributed by atoms with van der Waals surface area (Å²) in [6, 6.07) is 0. The molecule has 0 aromatic heterocycles. The molecule has 30 atom stereocenters. The lowest BCUT2D eigenvalue weighted by molar-refractivity contribution is -0.388. The Morgan fingerprint density at radius 1 is 0.597 bits per heavy atom. The molecule has 0 amide bonds. The number of fused-ring (bicyclic) bond motifs is 5. The topological polar surface area (TPSA) is 337 Å². The van der Waals surface area contributed by atoms with Gasteiger partial charge in [0.15, 0.2) is 25.2 Å².